The van der Waals surface area contributed by atoms with Gasteiger partial charge in [-0.05, 0) is 40.0 Å². The molecule has 1 aromatic rings. The van der Waals surface area contributed by atoms with Crippen LogP contribution in [0, 0.1) is 0 Å². The fraction of sp³-hybridized carbons (Fsp3) is 0.833. The molecule has 1 rings (SSSR count). The van der Waals surface area contributed by atoms with E-state index in [0.717, 1.165) is 32.4 Å². The average Bonchev–Trinajstić information content (AvgIpc) is 2.66. The molecular formula is C18H39N9O2S. The maximum Gasteiger partial charge on any atom is 0.230 e. The lowest BCUT2D eigenvalue weighted by Gasteiger charge is -2.28. The quantitative estimate of drug-likeness (QED) is 0.230. The number of aromatic nitrogens is 3. The van der Waals surface area contributed by atoms with E-state index in [9.17, 15) is 8.42 Å². The van der Waals surface area contributed by atoms with Gasteiger partial charge in [0.05, 0.1) is 18.6 Å². The van der Waals surface area contributed by atoms with Crippen molar-refractivity contribution in [2.75, 3.05) is 61.5 Å². The van der Waals surface area contributed by atoms with Crippen LogP contribution in [0.2, 0.25) is 0 Å². The van der Waals surface area contributed by atoms with Crippen molar-refractivity contribution in [1.82, 2.24) is 29.5 Å². The van der Waals surface area contributed by atoms with Crippen molar-refractivity contribution in [2.24, 2.45) is 0 Å². The normalized spacial score (nSPS) is 14.0. The van der Waals surface area contributed by atoms with Crippen molar-refractivity contribution < 1.29 is 8.42 Å². The minimum absolute atomic E-state index is 0.0511. The molecule has 0 aliphatic heterocycles. The fourth-order valence-electron chi connectivity index (χ4n) is 3.09. The zero-order valence-electron chi connectivity index (χ0n) is 19.4. The van der Waals surface area contributed by atoms with Crippen LogP contribution < -0.4 is 20.7 Å². The molecule has 0 radical (unpaired) electrons. The molecule has 11 nitrogen and oxygen atoms in total. The van der Waals surface area contributed by atoms with Gasteiger partial charge in [0.1, 0.15) is 0 Å². The molecule has 0 saturated heterocycles. The van der Waals surface area contributed by atoms with Gasteiger partial charge in [0.2, 0.25) is 27.9 Å². The van der Waals surface area contributed by atoms with E-state index in [2.05, 4.69) is 87.0 Å². The molecule has 0 saturated carbocycles. The van der Waals surface area contributed by atoms with Crippen LogP contribution in [-0.2, 0) is 10.0 Å². The largest absolute Gasteiger partial charge is 0.353 e. The van der Waals surface area contributed by atoms with Gasteiger partial charge in [-0.1, -0.05) is 27.7 Å². The zero-order chi connectivity index (χ0) is 22.7. The third-order valence-corrected chi connectivity index (χ3v) is 5.53. The summed E-state index contributed by atoms with van der Waals surface area (Å²) in [4.78, 5) is 17.9. The minimum atomic E-state index is -3.24. The fourth-order valence-corrected chi connectivity index (χ4v) is 3.57. The van der Waals surface area contributed by atoms with Crippen LogP contribution in [0.3, 0.4) is 0 Å². The summed E-state index contributed by atoms with van der Waals surface area (Å²) in [5, 5.41) is 9.72. The molecule has 0 aliphatic rings. The van der Waals surface area contributed by atoms with E-state index in [1.54, 1.807) is 0 Å². The summed E-state index contributed by atoms with van der Waals surface area (Å²) in [6, 6.07) is 0. The van der Waals surface area contributed by atoms with E-state index in [4.69, 9.17) is 0 Å². The van der Waals surface area contributed by atoms with Gasteiger partial charge in [-0.2, -0.15) is 15.0 Å². The van der Waals surface area contributed by atoms with Gasteiger partial charge >= 0.3 is 0 Å². The Morgan fingerprint density at radius 3 is 1.53 bits per heavy atom. The van der Waals surface area contributed by atoms with Crippen LogP contribution >= 0.6 is 0 Å². The van der Waals surface area contributed by atoms with E-state index < -0.39 is 10.0 Å². The van der Waals surface area contributed by atoms with Gasteiger partial charge < -0.3 is 16.0 Å². The molecule has 174 valence electrons. The Kier molecular flexibility index (Phi) is 11.2. The first-order valence-electron chi connectivity index (χ1n) is 10.6. The lowest BCUT2D eigenvalue weighted by molar-refractivity contribution is 0.251. The van der Waals surface area contributed by atoms with Crippen LogP contribution in [0.25, 0.3) is 0 Å². The predicted molar refractivity (Wildman–Crippen MR) is 123 cm³/mol. The first-order chi connectivity index (χ1) is 14.1. The van der Waals surface area contributed by atoms with Gasteiger partial charge in [-0.3, -0.25) is 9.80 Å². The Hall–Kier alpha value is -1.76. The van der Waals surface area contributed by atoms with Crippen LogP contribution in [0.15, 0.2) is 0 Å². The first kappa shape index (κ1) is 26.3. The molecule has 0 amide bonds. The maximum absolute atomic E-state index is 11.2. The van der Waals surface area contributed by atoms with E-state index >= 15 is 0 Å². The minimum Gasteiger partial charge on any atom is -0.353 e. The molecule has 2 unspecified atom stereocenters. The summed E-state index contributed by atoms with van der Waals surface area (Å²) >= 11 is 0. The van der Waals surface area contributed by atoms with Gasteiger partial charge in [0.15, 0.2) is 0 Å². The summed E-state index contributed by atoms with van der Waals surface area (Å²) in [5.74, 6) is 1.29. The molecule has 0 fully saturated rings. The smallest absolute Gasteiger partial charge is 0.230 e. The number of nitrogens with one attached hydrogen (secondary N) is 4. The van der Waals surface area contributed by atoms with E-state index in [1.807, 2.05) is 0 Å². The Morgan fingerprint density at radius 1 is 0.767 bits per heavy atom. The number of nitrogens with zero attached hydrogens (tertiary/aromatic N) is 5. The maximum atomic E-state index is 11.2. The molecule has 4 N–H and O–H groups in total. The number of hydrogen-bond acceptors (Lipinski definition) is 10. The van der Waals surface area contributed by atoms with Crippen LogP contribution in [-0.4, -0.2) is 91.0 Å². The Morgan fingerprint density at radius 2 is 1.17 bits per heavy atom. The molecule has 0 aromatic carbocycles. The van der Waals surface area contributed by atoms with Crippen molar-refractivity contribution in [2.45, 2.75) is 53.9 Å². The lowest BCUT2D eigenvalue weighted by atomic mass is 10.4. The highest BCUT2D eigenvalue weighted by Crippen LogP contribution is 2.13. The molecule has 2 atom stereocenters. The van der Waals surface area contributed by atoms with Crippen LogP contribution in [0.1, 0.15) is 41.5 Å². The highest BCUT2D eigenvalue weighted by atomic mass is 32.2. The molecule has 0 spiro atoms. The molecule has 1 aromatic heterocycles. The van der Waals surface area contributed by atoms with Crippen molar-refractivity contribution >= 4 is 27.9 Å². The topological polar surface area (TPSA) is 127 Å². The third kappa shape index (κ3) is 9.37. The van der Waals surface area contributed by atoms with Crippen molar-refractivity contribution in [3.63, 3.8) is 0 Å². The van der Waals surface area contributed by atoms with Gasteiger partial charge in [-0.25, -0.2) is 13.1 Å². The summed E-state index contributed by atoms with van der Waals surface area (Å²) in [6.07, 6.45) is 1.23. The molecule has 12 heteroatoms. The van der Waals surface area contributed by atoms with Crippen molar-refractivity contribution in [3.8, 4) is 0 Å². The van der Waals surface area contributed by atoms with Crippen molar-refractivity contribution in [3.05, 3.63) is 0 Å². The standard InChI is InChI=1S/C18H39N9O2S/c1-8-26(9-2)14(5)21-17-23-16(19-12-13-20-30(7,28)29)24-18(25-17)22-15(6)27(10-3)11-4/h14-15,20H,8-13H2,1-7H3,(H3,19,21,22,23,24,25). The average molecular weight is 446 g/mol. The summed E-state index contributed by atoms with van der Waals surface area (Å²) in [6.45, 7) is 16.8. The Balaban J connectivity index is 2.98. The van der Waals surface area contributed by atoms with Gasteiger partial charge in [0, 0.05) is 13.1 Å². The van der Waals surface area contributed by atoms with Gasteiger partial charge in [-0.15, -0.1) is 0 Å². The Bertz CT molecular complexity index is 686. The van der Waals surface area contributed by atoms with E-state index in [0.29, 0.717) is 24.4 Å². The Labute approximate surface area is 181 Å². The molecule has 30 heavy (non-hydrogen) atoms. The van der Waals surface area contributed by atoms with E-state index in [1.165, 1.54) is 0 Å². The first-order valence-corrected chi connectivity index (χ1v) is 12.5. The van der Waals surface area contributed by atoms with Crippen LogP contribution in [0.4, 0.5) is 17.8 Å². The zero-order valence-corrected chi connectivity index (χ0v) is 20.2. The summed E-state index contributed by atoms with van der Waals surface area (Å²) < 4.78 is 24.9. The highest BCUT2D eigenvalue weighted by molar-refractivity contribution is 7.88. The highest BCUT2D eigenvalue weighted by Gasteiger charge is 2.16. The summed E-state index contributed by atoms with van der Waals surface area (Å²) in [5.41, 5.74) is 0. The SMILES string of the molecule is CCN(CC)C(C)Nc1nc(NCCNS(C)(=O)=O)nc(NC(C)N(CC)CC)n1. The number of anilines is 3. The number of rotatable bonds is 15. The monoisotopic (exact) mass is 445 g/mol. The second-order valence-electron chi connectivity index (χ2n) is 6.98. The summed E-state index contributed by atoms with van der Waals surface area (Å²) in [7, 11) is -3.24. The number of sulfonamides is 1. The second-order valence-corrected chi connectivity index (χ2v) is 8.82. The third-order valence-electron chi connectivity index (χ3n) is 4.80. The van der Waals surface area contributed by atoms with E-state index in [-0.39, 0.29) is 18.9 Å². The van der Waals surface area contributed by atoms with Gasteiger partial charge in [0.25, 0.3) is 0 Å². The molecule has 1 heterocycles. The lowest BCUT2D eigenvalue weighted by Crippen LogP contribution is -2.40. The van der Waals surface area contributed by atoms with Crippen LogP contribution in [0.5, 0.6) is 0 Å². The predicted octanol–water partition coefficient (Wildman–Crippen LogP) is 1.03. The van der Waals surface area contributed by atoms with Crippen molar-refractivity contribution in [1.29, 1.82) is 0 Å². The number of hydrogen-bond donors (Lipinski definition) is 4. The second kappa shape index (κ2) is 12.8. The molecular weight excluding hydrogens is 406 g/mol. The molecule has 0 bridgehead atoms. The molecule has 0 aliphatic carbocycles.